The SMILES string of the molecule is c1ccc(N(c2ccc(-c3nc4ccccc4o3)cc2)c2ccc3cc4c(cc3c2)oc2cc(N(c3ccc(-c5nc6ccccc6o5)cc3)c3ccccn3)ccc24)cc1. The highest BCUT2D eigenvalue weighted by Gasteiger charge is 2.19. The molecular weight excluding hydrogens is 755 g/mol. The van der Waals surface area contributed by atoms with E-state index in [9.17, 15) is 0 Å². The molecule has 12 rings (SSSR count). The predicted molar refractivity (Wildman–Crippen MR) is 244 cm³/mol. The van der Waals surface area contributed by atoms with Crippen LogP contribution in [0.15, 0.2) is 214 Å². The number of furan rings is 1. The molecule has 8 heteroatoms. The number of aromatic nitrogens is 3. The lowest BCUT2D eigenvalue weighted by Gasteiger charge is -2.26. The number of para-hydroxylation sites is 5. The molecule has 0 amide bonds. The summed E-state index contributed by atoms with van der Waals surface area (Å²) < 4.78 is 18.8. The predicted octanol–water partition coefficient (Wildman–Crippen LogP) is 14.7. The van der Waals surface area contributed by atoms with Crippen LogP contribution in [0, 0.1) is 0 Å². The van der Waals surface area contributed by atoms with Gasteiger partial charge in [-0.1, -0.05) is 54.6 Å². The average Bonchev–Trinajstić information content (AvgIpc) is 4.05. The third kappa shape index (κ3) is 6.13. The number of nitrogens with zero attached hydrogens (tertiary/aromatic N) is 5. The largest absolute Gasteiger partial charge is 0.456 e. The summed E-state index contributed by atoms with van der Waals surface area (Å²) in [5.74, 6) is 1.97. The molecule has 0 bridgehead atoms. The Hall–Kier alpha value is -8.49. The van der Waals surface area contributed by atoms with Gasteiger partial charge in [0.2, 0.25) is 11.8 Å². The molecule has 0 radical (unpaired) electrons. The molecule has 288 valence electrons. The number of pyridine rings is 1. The summed E-state index contributed by atoms with van der Waals surface area (Å²) in [7, 11) is 0. The van der Waals surface area contributed by atoms with Gasteiger partial charge in [0.05, 0.1) is 5.69 Å². The molecular formula is C53H33N5O3. The van der Waals surface area contributed by atoms with Gasteiger partial charge >= 0.3 is 0 Å². The smallest absolute Gasteiger partial charge is 0.227 e. The van der Waals surface area contributed by atoms with E-state index < -0.39 is 0 Å². The lowest BCUT2D eigenvalue weighted by atomic mass is 10.0. The molecule has 4 heterocycles. The van der Waals surface area contributed by atoms with Crippen LogP contribution < -0.4 is 9.80 Å². The summed E-state index contributed by atoms with van der Waals surface area (Å²) >= 11 is 0. The van der Waals surface area contributed by atoms with Crippen molar-refractivity contribution in [3.05, 3.63) is 200 Å². The fourth-order valence-corrected chi connectivity index (χ4v) is 8.20. The van der Waals surface area contributed by atoms with Gasteiger partial charge in [0.1, 0.15) is 28.0 Å². The quantitative estimate of drug-likeness (QED) is 0.150. The minimum absolute atomic E-state index is 0.583. The second-order valence-corrected chi connectivity index (χ2v) is 14.9. The summed E-state index contributed by atoms with van der Waals surface area (Å²) in [6.07, 6.45) is 1.81. The zero-order valence-corrected chi connectivity index (χ0v) is 32.5. The number of oxazole rings is 2. The number of hydrogen-bond acceptors (Lipinski definition) is 8. The third-order valence-electron chi connectivity index (χ3n) is 11.1. The second-order valence-electron chi connectivity index (χ2n) is 14.9. The monoisotopic (exact) mass is 787 g/mol. The normalized spacial score (nSPS) is 11.6. The molecule has 0 saturated carbocycles. The third-order valence-corrected chi connectivity index (χ3v) is 11.1. The van der Waals surface area contributed by atoms with Crippen molar-refractivity contribution < 1.29 is 13.3 Å². The first-order valence-electron chi connectivity index (χ1n) is 20.1. The Balaban J connectivity index is 0.903. The van der Waals surface area contributed by atoms with Crippen molar-refractivity contribution in [1.82, 2.24) is 15.0 Å². The minimum atomic E-state index is 0.583. The van der Waals surface area contributed by atoms with E-state index in [1.165, 1.54) is 0 Å². The Kier molecular flexibility index (Phi) is 7.99. The van der Waals surface area contributed by atoms with Crippen LogP contribution in [0.25, 0.3) is 77.8 Å². The summed E-state index contributed by atoms with van der Waals surface area (Å²) in [6.45, 7) is 0. The van der Waals surface area contributed by atoms with E-state index in [1.807, 2.05) is 91.1 Å². The maximum Gasteiger partial charge on any atom is 0.227 e. The summed E-state index contributed by atoms with van der Waals surface area (Å²) in [4.78, 5) is 18.5. The van der Waals surface area contributed by atoms with E-state index >= 15 is 0 Å². The van der Waals surface area contributed by atoms with Gasteiger partial charge in [-0.15, -0.1) is 0 Å². The topological polar surface area (TPSA) is 84.6 Å². The Morgan fingerprint density at radius 3 is 1.56 bits per heavy atom. The molecule has 12 aromatic rings. The first-order valence-corrected chi connectivity index (χ1v) is 20.1. The summed E-state index contributed by atoms with van der Waals surface area (Å²) in [5.41, 5.74) is 11.6. The maximum atomic E-state index is 6.68. The maximum absolute atomic E-state index is 6.68. The molecule has 8 nitrogen and oxygen atoms in total. The van der Waals surface area contributed by atoms with E-state index in [0.717, 1.165) is 100 Å². The summed E-state index contributed by atoms with van der Waals surface area (Å²) in [5, 5.41) is 4.30. The molecule has 0 saturated heterocycles. The lowest BCUT2D eigenvalue weighted by Crippen LogP contribution is -2.11. The van der Waals surface area contributed by atoms with E-state index in [4.69, 9.17) is 28.2 Å². The first-order chi connectivity index (χ1) is 30.2. The van der Waals surface area contributed by atoms with Crippen LogP contribution in [0.3, 0.4) is 0 Å². The zero-order valence-electron chi connectivity index (χ0n) is 32.5. The minimum Gasteiger partial charge on any atom is -0.456 e. The number of hydrogen-bond donors (Lipinski definition) is 0. The Morgan fingerprint density at radius 2 is 0.902 bits per heavy atom. The molecule has 0 aliphatic carbocycles. The van der Waals surface area contributed by atoms with Gasteiger partial charge in [0, 0.05) is 56.9 Å². The van der Waals surface area contributed by atoms with Crippen molar-refractivity contribution in [1.29, 1.82) is 0 Å². The van der Waals surface area contributed by atoms with Gasteiger partial charge in [0.15, 0.2) is 11.2 Å². The van der Waals surface area contributed by atoms with Crippen molar-refractivity contribution >= 4 is 89.2 Å². The Bertz CT molecular complexity index is 3310. The molecule has 0 unspecified atom stereocenters. The fourth-order valence-electron chi connectivity index (χ4n) is 8.20. The molecule has 0 atom stereocenters. The van der Waals surface area contributed by atoms with E-state index in [1.54, 1.807) is 0 Å². The summed E-state index contributed by atoms with van der Waals surface area (Å²) in [6, 6.07) is 65.8. The van der Waals surface area contributed by atoms with E-state index in [-0.39, 0.29) is 0 Å². The molecule has 0 spiro atoms. The van der Waals surface area contributed by atoms with Gasteiger partial charge in [0.25, 0.3) is 0 Å². The number of rotatable bonds is 8. The second kappa shape index (κ2) is 14.1. The van der Waals surface area contributed by atoms with Crippen LogP contribution >= 0.6 is 0 Å². The van der Waals surface area contributed by atoms with E-state index in [2.05, 4.69) is 119 Å². The molecule has 8 aromatic carbocycles. The zero-order chi connectivity index (χ0) is 40.3. The average molecular weight is 788 g/mol. The van der Waals surface area contributed by atoms with Crippen LogP contribution in [0.1, 0.15) is 0 Å². The van der Waals surface area contributed by atoms with Crippen molar-refractivity contribution in [2.75, 3.05) is 9.80 Å². The standard InChI is InChI=1S/C53H33N5O3/c1-2-10-38(11-3-1)57(39-22-17-34(18-23-39)52-55-45-12-4-6-14-47(45)60-52)41-26-21-36-31-44-43-28-27-42(33-50(43)59-49(44)32-37(36)30-41)58(51-16-8-9-29-54-51)40-24-19-35(20-25-40)53-56-46-13-5-7-15-48(46)61-53/h1-33H. The van der Waals surface area contributed by atoms with Crippen LogP contribution in [0.4, 0.5) is 34.3 Å². The van der Waals surface area contributed by atoms with Gasteiger partial charge in [-0.3, -0.25) is 4.90 Å². The number of benzene rings is 8. The van der Waals surface area contributed by atoms with Gasteiger partial charge in [-0.2, -0.15) is 0 Å². The molecule has 0 aliphatic heterocycles. The van der Waals surface area contributed by atoms with Crippen molar-refractivity contribution in [2.45, 2.75) is 0 Å². The highest BCUT2D eigenvalue weighted by molar-refractivity contribution is 6.11. The lowest BCUT2D eigenvalue weighted by molar-refractivity contribution is 0.619. The molecule has 61 heavy (non-hydrogen) atoms. The van der Waals surface area contributed by atoms with E-state index in [0.29, 0.717) is 11.8 Å². The molecule has 0 aliphatic rings. The number of anilines is 6. The van der Waals surface area contributed by atoms with Crippen molar-refractivity contribution in [3.8, 4) is 22.9 Å². The van der Waals surface area contributed by atoms with Crippen molar-refractivity contribution in [2.24, 2.45) is 0 Å². The van der Waals surface area contributed by atoms with Crippen molar-refractivity contribution in [3.63, 3.8) is 0 Å². The van der Waals surface area contributed by atoms with Crippen LogP contribution in [0.5, 0.6) is 0 Å². The van der Waals surface area contributed by atoms with Crippen LogP contribution in [-0.2, 0) is 0 Å². The Labute approximate surface area is 349 Å². The Morgan fingerprint density at radius 1 is 0.344 bits per heavy atom. The fraction of sp³-hybridized carbons (Fsp3) is 0. The number of fused-ring (bicyclic) bond motifs is 6. The highest BCUT2D eigenvalue weighted by Crippen LogP contribution is 2.42. The highest BCUT2D eigenvalue weighted by atomic mass is 16.4. The van der Waals surface area contributed by atoms with Gasteiger partial charge in [-0.25, -0.2) is 15.0 Å². The van der Waals surface area contributed by atoms with Gasteiger partial charge < -0.3 is 18.2 Å². The molecule has 0 fully saturated rings. The first kappa shape index (κ1) is 34.5. The van der Waals surface area contributed by atoms with Crippen LogP contribution in [0.2, 0.25) is 0 Å². The van der Waals surface area contributed by atoms with Gasteiger partial charge in [-0.05, 0) is 144 Å². The molecule has 0 N–H and O–H groups in total. The van der Waals surface area contributed by atoms with Crippen LogP contribution in [-0.4, -0.2) is 15.0 Å². The molecule has 4 aromatic heterocycles.